The fourth-order valence-electron chi connectivity index (χ4n) is 2.21. The number of ether oxygens (including phenoxy) is 2. The Kier molecular flexibility index (Phi) is 6.42. The monoisotopic (exact) mass is 328 g/mol. The van der Waals surface area contributed by atoms with E-state index in [0.29, 0.717) is 30.6 Å². The lowest BCUT2D eigenvalue weighted by atomic mass is 10.2. The number of nitrogens with one attached hydrogen (secondary N) is 2. The van der Waals surface area contributed by atoms with Crippen LogP contribution in [0, 0.1) is 6.92 Å². The molecule has 0 bridgehead atoms. The van der Waals surface area contributed by atoms with Gasteiger partial charge in [-0.1, -0.05) is 6.07 Å². The second kappa shape index (κ2) is 8.76. The van der Waals surface area contributed by atoms with Crippen molar-refractivity contribution in [3.63, 3.8) is 0 Å². The molecule has 0 unspecified atom stereocenters. The van der Waals surface area contributed by atoms with E-state index in [0.717, 1.165) is 16.9 Å². The lowest BCUT2D eigenvalue weighted by Gasteiger charge is -2.15. The molecule has 1 aromatic heterocycles. The predicted octanol–water partition coefficient (Wildman–Crippen LogP) is 2.98. The van der Waals surface area contributed by atoms with Crippen LogP contribution >= 0.6 is 0 Å². The summed E-state index contributed by atoms with van der Waals surface area (Å²) in [5.74, 6) is 2.06. The number of aryl methyl sites for hydroxylation is 1. The van der Waals surface area contributed by atoms with Crippen LogP contribution in [0.5, 0.6) is 11.5 Å². The molecule has 0 aliphatic rings. The summed E-state index contributed by atoms with van der Waals surface area (Å²) >= 11 is 0. The molecule has 2 rings (SSSR count). The maximum absolute atomic E-state index is 5.59. The van der Waals surface area contributed by atoms with Gasteiger partial charge in [0.2, 0.25) is 0 Å². The van der Waals surface area contributed by atoms with Crippen LogP contribution in [0.25, 0.3) is 0 Å². The molecule has 0 aliphatic carbocycles. The Morgan fingerprint density at radius 1 is 1.25 bits per heavy atom. The first kappa shape index (κ1) is 17.6. The third-order valence-corrected chi connectivity index (χ3v) is 3.49. The average molecular weight is 328 g/mol. The number of benzene rings is 1. The highest BCUT2D eigenvalue weighted by atomic mass is 16.5. The van der Waals surface area contributed by atoms with E-state index in [-0.39, 0.29) is 0 Å². The van der Waals surface area contributed by atoms with Crippen LogP contribution in [0.4, 0.5) is 5.69 Å². The van der Waals surface area contributed by atoms with Gasteiger partial charge in [-0.25, -0.2) is 0 Å². The molecule has 0 saturated heterocycles. The fraction of sp³-hybridized carbons (Fsp3) is 0.333. The number of guanidine groups is 1. The Morgan fingerprint density at radius 3 is 2.75 bits per heavy atom. The van der Waals surface area contributed by atoms with Crippen LogP contribution < -0.4 is 20.1 Å². The first-order valence-electron chi connectivity index (χ1n) is 7.87. The quantitative estimate of drug-likeness (QED) is 0.630. The topological polar surface area (TPSA) is 67.8 Å². The highest BCUT2D eigenvalue weighted by Crippen LogP contribution is 2.30. The summed E-state index contributed by atoms with van der Waals surface area (Å²) < 4.78 is 10.9. The normalized spacial score (nSPS) is 11.1. The van der Waals surface area contributed by atoms with E-state index in [4.69, 9.17) is 9.47 Å². The highest BCUT2D eigenvalue weighted by Gasteiger charge is 2.07. The van der Waals surface area contributed by atoms with Gasteiger partial charge >= 0.3 is 0 Å². The predicted molar refractivity (Wildman–Crippen MR) is 97.0 cm³/mol. The summed E-state index contributed by atoms with van der Waals surface area (Å²) in [5, 5.41) is 6.50. The third-order valence-electron chi connectivity index (χ3n) is 3.49. The van der Waals surface area contributed by atoms with E-state index in [9.17, 15) is 0 Å². The van der Waals surface area contributed by atoms with Crippen LogP contribution in [0.15, 0.2) is 41.5 Å². The minimum atomic E-state index is 0.575. The van der Waals surface area contributed by atoms with Gasteiger partial charge in [-0.15, -0.1) is 0 Å². The second-order valence-electron chi connectivity index (χ2n) is 5.12. The largest absolute Gasteiger partial charge is 0.493 e. The number of methoxy groups -OCH3 is 1. The van der Waals surface area contributed by atoms with Gasteiger partial charge in [0.15, 0.2) is 17.5 Å². The van der Waals surface area contributed by atoms with Crippen LogP contribution in [0.1, 0.15) is 18.2 Å². The van der Waals surface area contributed by atoms with Crippen molar-refractivity contribution in [1.29, 1.82) is 0 Å². The molecule has 0 fully saturated rings. The number of nitrogens with zero attached hydrogens (tertiary/aromatic N) is 2. The van der Waals surface area contributed by atoms with Gasteiger partial charge < -0.3 is 20.1 Å². The molecule has 1 heterocycles. The Hall–Kier alpha value is -2.76. The van der Waals surface area contributed by atoms with Gasteiger partial charge in [0.25, 0.3) is 0 Å². The van der Waals surface area contributed by atoms with E-state index >= 15 is 0 Å². The smallest absolute Gasteiger partial charge is 0.195 e. The Balaban J connectivity index is 2.05. The van der Waals surface area contributed by atoms with Crippen molar-refractivity contribution >= 4 is 11.6 Å². The van der Waals surface area contributed by atoms with Crippen LogP contribution in [0.3, 0.4) is 0 Å². The Labute approximate surface area is 142 Å². The van der Waals surface area contributed by atoms with E-state index in [2.05, 4.69) is 20.6 Å². The van der Waals surface area contributed by atoms with Crippen molar-refractivity contribution in [1.82, 2.24) is 10.3 Å². The van der Waals surface area contributed by atoms with Gasteiger partial charge in [-0.2, -0.15) is 0 Å². The minimum Gasteiger partial charge on any atom is -0.493 e. The first-order valence-corrected chi connectivity index (χ1v) is 7.87. The molecule has 128 valence electrons. The number of aromatic nitrogens is 1. The van der Waals surface area contributed by atoms with Crippen molar-refractivity contribution in [2.24, 2.45) is 4.99 Å². The zero-order valence-electron chi connectivity index (χ0n) is 14.6. The zero-order chi connectivity index (χ0) is 17.4. The van der Waals surface area contributed by atoms with Gasteiger partial charge in [-0.3, -0.25) is 9.98 Å². The van der Waals surface area contributed by atoms with Crippen molar-refractivity contribution in [3.05, 3.63) is 47.8 Å². The number of pyridine rings is 1. The third kappa shape index (κ3) is 4.62. The zero-order valence-corrected chi connectivity index (χ0v) is 14.6. The molecule has 24 heavy (non-hydrogen) atoms. The van der Waals surface area contributed by atoms with Crippen molar-refractivity contribution in [3.8, 4) is 11.5 Å². The maximum Gasteiger partial charge on any atom is 0.195 e. The molecule has 0 atom stereocenters. The van der Waals surface area contributed by atoms with E-state index in [1.54, 1.807) is 20.4 Å². The summed E-state index contributed by atoms with van der Waals surface area (Å²) in [7, 11) is 3.36. The number of anilines is 1. The fourth-order valence-corrected chi connectivity index (χ4v) is 2.21. The summed E-state index contributed by atoms with van der Waals surface area (Å²) in [6, 6.07) is 9.64. The molecule has 0 amide bonds. The number of aliphatic imine (C=N–C) groups is 1. The molecule has 0 aliphatic heterocycles. The molecule has 0 saturated carbocycles. The Morgan fingerprint density at radius 2 is 2.08 bits per heavy atom. The molecule has 0 radical (unpaired) electrons. The van der Waals surface area contributed by atoms with Gasteiger partial charge in [0.05, 0.1) is 26.0 Å². The van der Waals surface area contributed by atoms with Crippen LogP contribution in [0.2, 0.25) is 0 Å². The van der Waals surface area contributed by atoms with Crippen molar-refractivity contribution < 1.29 is 9.47 Å². The van der Waals surface area contributed by atoms with E-state index < -0.39 is 0 Å². The van der Waals surface area contributed by atoms with E-state index in [1.807, 2.05) is 44.2 Å². The molecule has 2 aromatic rings. The standard InChI is InChI=1S/C18H24N4O2/c1-5-24-17-11-14(8-9-16(17)23-4)22-18(19-3)21-12-15-13(2)7-6-10-20-15/h6-11H,5,12H2,1-4H3,(H2,19,21,22). The molecular formula is C18H24N4O2. The summed E-state index contributed by atoms with van der Waals surface area (Å²) in [5.41, 5.74) is 3.00. The van der Waals surface area contributed by atoms with Crippen LogP contribution in [-0.2, 0) is 6.54 Å². The van der Waals surface area contributed by atoms with Crippen molar-refractivity contribution in [2.75, 3.05) is 26.1 Å². The van der Waals surface area contributed by atoms with Gasteiger partial charge in [0, 0.05) is 25.0 Å². The van der Waals surface area contributed by atoms with Crippen molar-refractivity contribution in [2.45, 2.75) is 20.4 Å². The lowest BCUT2D eigenvalue weighted by molar-refractivity contribution is 0.311. The van der Waals surface area contributed by atoms with Gasteiger partial charge in [-0.05, 0) is 37.6 Å². The number of hydrogen-bond donors (Lipinski definition) is 2. The number of hydrogen-bond acceptors (Lipinski definition) is 4. The summed E-state index contributed by atoms with van der Waals surface area (Å²) in [6.07, 6.45) is 1.79. The SMILES string of the molecule is CCOc1cc(NC(=NC)NCc2ncccc2C)ccc1OC. The molecular weight excluding hydrogens is 304 g/mol. The van der Waals surface area contributed by atoms with Gasteiger partial charge in [0.1, 0.15) is 0 Å². The molecule has 2 N–H and O–H groups in total. The van der Waals surface area contributed by atoms with E-state index in [1.165, 1.54) is 0 Å². The second-order valence-corrected chi connectivity index (χ2v) is 5.12. The molecule has 0 spiro atoms. The average Bonchev–Trinajstić information content (AvgIpc) is 2.60. The Bertz CT molecular complexity index is 701. The molecule has 6 nitrogen and oxygen atoms in total. The van der Waals surface area contributed by atoms with Crippen LogP contribution in [-0.4, -0.2) is 31.7 Å². The highest BCUT2D eigenvalue weighted by molar-refractivity contribution is 5.93. The summed E-state index contributed by atoms with van der Waals surface area (Å²) in [4.78, 5) is 8.61. The maximum atomic E-state index is 5.59. The first-order chi connectivity index (χ1) is 11.7. The molecule has 6 heteroatoms. The number of rotatable bonds is 6. The summed E-state index contributed by atoms with van der Waals surface area (Å²) in [6.45, 7) is 5.15. The lowest BCUT2D eigenvalue weighted by Crippen LogP contribution is -2.30. The minimum absolute atomic E-state index is 0.575. The molecule has 1 aromatic carbocycles.